The van der Waals surface area contributed by atoms with E-state index in [-0.39, 0.29) is 0 Å². The Labute approximate surface area is 213 Å². The zero-order valence-corrected chi connectivity index (χ0v) is 24.3. The summed E-state index contributed by atoms with van der Waals surface area (Å²) in [5.41, 5.74) is 1.33. The average Bonchev–Trinajstić information content (AvgIpc) is 2.88. The Balaban J connectivity index is 1.44. The molecule has 0 saturated heterocycles. The Bertz CT molecular complexity index is 552. The molecular weight excluding hydrogens is 439 g/mol. The van der Waals surface area contributed by atoms with Crippen molar-refractivity contribution in [2.75, 3.05) is 0 Å². The third kappa shape index (κ3) is 9.71. The van der Waals surface area contributed by atoms with Gasteiger partial charge in [-0.1, -0.05) is 91.9 Å². The summed E-state index contributed by atoms with van der Waals surface area (Å²) in [5.74, 6) is 5.25. The predicted octanol–water partition coefficient (Wildman–Crippen LogP) is 10.5. The molecule has 192 valence electrons. The zero-order valence-electron chi connectivity index (χ0n) is 22.3. The van der Waals surface area contributed by atoms with Gasteiger partial charge in [0.1, 0.15) is 0 Å². The van der Waals surface area contributed by atoms with Gasteiger partial charge >= 0.3 is 0 Å². The van der Waals surface area contributed by atoms with E-state index < -0.39 is 0 Å². The first-order chi connectivity index (χ1) is 16.1. The maximum Gasteiger partial charge on any atom is 0.0982 e. The van der Waals surface area contributed by atoms with E-state index in [4.69, 9.17) is 4.74 Å². The van der Waals surface area contributed by atoms with E-state index in [9.17, 15) is 0 Å². The van der Waals surface area contributed by atoms with Crippen LogP contribution in [0.4, 0.5) is 0 Å². The Kier molecular flexibility index (Phi) is 13.1. The highest BCUT2D eigenvalue weighted by atomic mass is 32.7. The molecule has 0 bridgehead atoms. The van der Waals surface area contributed by atoms with Gasteiger partial charge < -0.3 is 4.74 Å². The van der Waals surface area contributed by atoms with Gasteiger partial charge in [0.2, 0.25) is 0 Å². The highest BCUT2D eigenvalue weighted by Crippen LogP contribution is 2.41. The molecule has 3 atom stereocenters. The van der Waals surface area contributed by atoms with Gasteiger partial charge in [-0.25, -0.2) is 0 Å². The smallest absolute Gasteiger partial charge is 0.0982 e. The van der Waals surface area contributed by atoms with Gasteiger partial charge in [-0.05, 0) is 88.5 Å². The quantitative estimate of drug-likeness (QED) is 0.278. The van der Waals surface area contributed by atoms with Crippen LogP contribution in [0.3, 0.4) is 0 Å². The Morgan fingerprint density at radius 2 is 0.909 bits per heavy atom. The van der Waals surface area contributed by atoms with E-state index in [1.165, 1.54) is 128 Å². The maximum absolute atomic E-state index is 6.30. The number of hydrogen-bond acceptors (Lipinski definition) is 2. The van der Waals surface area contributed by atoms with Gasteiger partial charge in [-0.3, -0.25) is 0 Å². The van der Waals surface area contributed by atoms with Crippen LogP contribution in [0.15, 0.2) is 11.3 Å². The largest absolute Gasteiger partial charge is 0.495 e. The molecule has 0 aromatic heterocycles. The molecule has 0 aliphatic heterocycles. The summed E-state index contributed by atoms with van der Waals surface area (Å²) in [7, 11) is 2.92. The molecule has 3 heteroatoms. The van der Waals surface area contributed by atoms with Crippen molar-refractivity contribution in [2.24, 2.45) is 23.7 Å². The Morgan fingerprint density at radius 1 is 0.545 bits per heavy atom. The molecule has 0 aromatic carbocycles. The summed E-state index contributed by atoms with van der Waals surface area (Å²) >= 11 is 2.04. The van der Waals surface area contributed by atoms with E-state index in [0.29, 0.717) is 6.10 Å². The van der Waals surface area contributed by atoms with Crippen LogP contribution < -0.4 is 0 Å². The number of ether oxygens (including phenoxy) is 1. The summed E-state index contributed by atoms with van der Waals surface area (Å²) in [6.45, 7) is 6.50. The molecule has 33 heavy (non-hydrogen) atoms. The fourth-order valence-electron chi connectivity index (χ4n) is 7.26. The van der Waals surface area contributed by atoms with Crippen LogP contribution in [0.1, 0.15) is 143 Å². The van der Waals surface area contributed by atoms with E-state index in [1.807, 2.05) is 11.4 Å². The maximum atomic E-state index is 6.30. The molecule has 0 radical (unpaired) electrons. The van der Waals surface area contributed by atoms with Gasteiger partial charge in [0, 0.05) is 5.25 Å². The van der Waals surface area contributed by atoms with E-state index in [2.05, 4.69) is 29.2 Å². The lowest BCUT2D eigenvalue weighted by Crippen LogP contribution is -2.21. The minimum Gasteiger partial charge on any atom is -0.495 e. The van der Waals surface area contributed by atoms with Gasteiger partial charge in [0.25, 0.3) is 0 Å². The Morgan fingerprint density at radius 3 is 1.30 bits per heavy atom. The molecule has 0 heterocycles. The molecule has 0 amide bonds. The van der Waals surface area contributed by atoms with Gasteiger partial charge in [0.15, 0.2) is 0 Å². The molecule has 3 unspecified atom stereocenters. The second kappa shape index (κ2) is 15.4. The first-order valence-electron chi connectivity index (χ1n) is 14.7. The zero-order chi connectivity index (χ0) is 23.5. The average molecular weight is 495 g/mol. The van der Waals surface area contributed by atoms with Crippen molar-refractivity contribution in [3.05, 3.63) is 11.3 Å². The highest BCUT2D eigenvalue weighted by molar-refractivity contribution is 8.44. The van der Waals surface area contributed by atoms with Crippen LogP contribution in [0.25, 0.3) is 0 Å². The lowest BCUT2D eigenvalue weighted by molar-refractivity contribution is 0.0799. The molecule has 0 N–H and O–H groups in total. The van der Waals surface area contributed by atoms with Crippen molar-refractivity contribution in [3.8, 4) is 0 Å². The molecule has 3 fully saturated rings. The van der Waals surface area contributed by atoms with Crippen LogP contribution in [0, 0.1) is 23.7 Å². The van der Waals surface area contributed by atoms with Crippen molar-refractivity contribution in [2.45, 2.75) is 154 Å². The van der Waals surface area contributed by atoms with Crippen LogP contribution >= 0.6 is 19.8 Å². The van der Waals surface area contributed by atoms with Crippen LogP contribution in [-0.4, -0.2) is 11.4 Å². The fourth-order valence-corrected chi connectivity index (χ4v) is 8.68. The SMILES string of the molecule is CC(C)=C(C)OC1CCCC(C2CCCCC(C3CCCC(SP)CCC3)CCC2)CCC1. The topological polar surface area (TPSA) is 9.23 Å². The monoisotopic (exact) mass is 494 g/mol. The third-order valence-corrected chi connectivity index (χ3v) is 11.5. The first kappa shape index (κ1) is 27.9. The second-order valence-corrected chi connectivity index (χ2v) is 13.8. The summed E-state index contributed by atoms with van der Waals surface area (Å²) in [6, 6.07) is 0. The van der Waals surface area contributed by atoms with Crippen molar-refractivity contribution in [1.82, 2.24) is 0 Å². The van der Waals surface area contributed by atoms with Gasteiger partial charge in [0.05, 0.1) is 11.9 Å². The summed E-state index contributed by atoms with van der Waals surface area (Å²) < 4.78 is 6.30. The molecular formula is C30H55OPS. The van der Waals surface area contributed by atoms with E-state index in [0.717, 1.165) is 34.7 Å². The van der Waals surface area contributed by atoms with E-state index >= 15 is 0 Å². The van der Waals surface area contributed by atoms with Crippen molar-refractivity contribution >= 4 is 19.8 Å². The third-order valence-electron chi connectivity index (χ3n) is 9.53. The van der Waals surface area contributed by atoms with Crippen LogP contribution in [-0.2, 0) is 4.74 Å². The van der Waals surface area contributed by atoms with Gasteiger partial charge in [-0.15, -0.1) is 11.4 Å². The second-order valence-electron chi connectivity index (χ2n) is 12.0. The molecule has 1 nitrogen and oxygen atoms in total. The molecule has 3 aliphatic rings. The number of hydrogen-bond donors (Lipinski definition) is 0. The van der Waals surface area contributed by atoms with Gasteiger partial charge in [-0.2, -0.15) is 0 Å². The highest BCUT2D eigenvalue weighted by Gasteiger charge is 2.28. The number of allylic oxidation sites excluding steroid dienone is 2. The van der Waals surface area contributed by atoms with Crippen molar-refractivity contribution < 1.29 is 4.74 Å². The Hall–Kier alpha value is 0.320. The summed E-state index contributed by atoms with van der Waals surface area (Å²) in [6.07, 6.45) is 28.2. The summed E-state index contributed by atoms with van der Waals surface area (Å²) in [4.78, 5) is 0. The van der Waals surface area contributed by atoms with Crippen LogP contribution in [0.5, 0.6) is 0 Å². The lowest BCUT2D eigenvalue weighted by atomic mass is 9.76. The summed E-state index contributed by atoms with van der Waals surface area (Å²) in [5, 5.41) is 0.916. The lowest BCUT2D eigenvalue weighted by Gasteiger charge is -2.31. The predicted molar refractivity (Wildman–Crippen MR) is 152 cm³/mol. The first-order valence-corrected chi connectivity index (χ1v) is 17.1. The van der Waals surface area contributed by atoms with Crippen LogP contribution in [0.2, 0.25) is 0 Å². The molecule has 3 rings (SSSR count). The standard InChI is InChI=1S/C30H55OPS/c1-23(2)24(3)31-29-19-7-15-27(16-8-20-29)25-11-4-5-12-26(14-6-13-25)28-17-9-21-30(33-32)22-10-18-28/h25-30H,4-22,32H2,1-3H3. The molecule has 0 spiro atoms. The normalized spacial score (nSPS) is 35.5. The minimum absolute atomic E-state index is 0.468. The van der Waals surface area contributed by atoms with E-state index in [1.54, 1.807) is 0 Å². The molecule has 3 aliphatic carbocycles. The number of rotatable bonds is 5. The van der Waals surface area contributed by atoms with Crippen molar-refractivity contribution in [3.63, 3.8) is 0 Å². The molecule has 0 aromatic rings. The molecule has 3 saturated carbocycles. The van der Waals surface area contributed by atoms with Crippen molar-refractivity contribution in [1.29, 1.82) is 0 Å². The fraction of sp³-hybridized carbons (Fsp3) is 0.933. The minimum atomic E-state index is 0.468.